The third-order valence-corrected chi connectivity index (χ3v) is 2.62. The molecule has 0 radical (unpaired) electrons. The minimum Gasteiger partial charge on any atom is -0.506 e. The lowest BCUT2D eigenvalue weighted by atomic mass is 10.1. The van der Waals surface area contributed by atoms with Gasteiger partial charge in [-0.2, -0.15) is 0 Å². The van der Waals surface area contributed by atoms with Crippen LogP contribution in [0.5, 0.6) is 5.75 Å². The first-order valence-electron chi connectivity index (χ1n) is 3.56. The van der Waals surface area contributed by atoms with Crippen molar-refractivity contribution in [1.82, 2.24) is 0 Å². The summed E-state index contributed by atoms with van der Waals surface area (Å²) in [5.41, 5.74) is 5.66. The number of nitrogens with two attached hydrogens (primary N) is 1. The highest BCUT2D eigenvalue weighted by Gasteiger charge is 2.16. The summed E-state index contributed by atoms with van der Waals surface area (Å²) in [5.74, 6) is -0.0994. The molecule has 0 spiro atoms. The predicted octanol–water partition coefficient (Wildman–Crippen LogP) is 3.20. The molecule has 0 bridgehead atoms. The van der Waals surface area contributed by atoms with Gasteiger partial charge in [0.15, 0.2) is 0 Å². The van der Waals surface area contributed by atoms with Gasteiger partial charge in [0.05, 0.1) is 10.5 Å². The molecule has 1 atom stereocenters. The van der Waals surface area contributed by atoms with Crippen molar-refractivity contribution < 1.29 is 9.50 Å². The number of aromatic hydroxyl groups is 1. The average molecular weight is 305 g/mol. The van der Waals surface area contributed by atoms with Gasteiger partial charge < -0.3 is 10.8 Å². The number of alkyl halides is 1. The van der Waals surface area contributed by atoms with Crippen LogP contribution in [-0.2, 0) is 0 Å². The standard InChI is InChI=1S/C8H8BrClFNO.ClH/c9-4-1-2-5(10)7(8(4)13)6(12)3-11;/h1-2,6,13H,3,12H2;1H/t6-;/m0./s1. The van der Waals surface area contributed by atoms with Crippen molar-refractivity contribution in [2.45, 2.75) is 6.04 Å². The molecule has 1 rings (SSSR count). The van der Waals surface area contributed by atoms with Crippen molar-refractivity contribution in [1.29, 1.82) is 0 Å². The molecule has 0 heterocycles. The normalized spacial score (nSPS) is 12.0. The fraction of sp³-hybridized carbons (Fsp3) is 0.250. The third-order valence-electron chi connectivity index (χ3n) is 1.65. The molecular weight excluding hydrogens is 296 g/mol. The lowest BCUT2D eigenvalue weighted by Crippen LogP contribution is -2.13. The average Bonchev–Trinajstić information content (AvgIpc) is 2.12. The third kappa shape index (κ3) is 2.73. The maximum atomic E-state index is 12.3. The fourth-order valence-electron chi connectivity index (χ4n) is 0.987. The van der Waals surface area contributed by atoms with E-state index in [1.807, 2.05) is 0 Å². The second-order valence-corrected chi connectivity index (χ2v) is 3.81. The molecule has 0 saturated carbocycles. The molecule has 1 aromatic carbocycles. The number of rotatable bonds is 2. The Morgan fingerprint density at radius 1 is 1.57 bits per heavy atom. The molecule has 2 nitrogen and oxygen atoms in total. The summed E-state index contributed by atoms with van der Waals surface area (Å²) in [6, 6.07) is 2.24. The molecule has 14 heavy (non-hydrogen) atoms. The Bertz CT molecular complexity index is 324. The SMILES string of the molecule is Cl.N[C@@H](CF)c1c(Cl)ccc(Br)c1O. The highest BCUT2D eigenvalue weighted by molar-refractivity contribution is 9.10. The zero-order chi connectivity index (χ0) is 10.0. The van der Waals surface area contributed by atoms with Gasteiger partial charge in [0.25, 0.3) is 0 Å². The smallest absolute Gasteiger partial charge is 0.136 e. The maximum absolute atomic E-state index is 12.3. The van der Waals surface area contributed by atoms with Crippen molar-refractivity contribution in [3.05, 3.63) is 27.2 Å². The van der Waals surface area contributed by atoms with E-state index in [2.05, 4.69) is 15.9 Å². The largest absolute Gasteiger partial charge is 0.506 e. The van der Waals surface area contributed by atoms with E-state index in [0.29, 0.717) is 4.47 Å². The summed E-state index contributed by atoms with van der Waals surface area (Å²) in [6.07, 6.45) is 0. The molecule has 0 fully saturated rings. The van der Waals surface area contributed by atoms with Crippen molar-refractivity contribution in [2.75, 3.05) is 6.67 Å². The van der Waals surface area contributed by atoms with E-state index in [0.717, 1.165) is 0 Å². The summed E-state index contributed by atoms with van der Waals surface area (Å²) >= 11 is 8.84. The molecule has 3 N–H and O–H groups in total. The molecule has 0 aliphatic heterocycles. The second-order valence-electron chi connectivity index (χ2n) is 2.55. The van der Waals surface area contributed by atoms with Crippen molar-refractivity contribution in [3.63, 3.8) is 0 Å². The Morgan fingerprint density at radius 2 is 2.14 bits per heavy atom. The molecule has 0 unspecified atom stereocenters. The lowest BCUT2D eigenvalue weighted by molar-refractivity contribution is 0.413. The highest BCUT2D eigenvalue weighted by Crippen LogP contribution is 2.36. The van der Waals surface area contributed by atoms with Gasteiger partial charge in [-0.1, -0.05) is 11.6 Å². The van der Waals surface area contributed by atoms with E-state index in [9.17, 15) is 9.50 Å². The van der Waals surface area contributed by atoms with Crippen LogP contribution in [0.3, 0.4) is 0 Å². The zero-order valence-corrected chi connectivity index (χ0v) is 10.2. The van der Waals surface area contributed by atoms with Crippen LogP contribution in [0.2, 0.25) is 5.02 Å². The minimum absolute atomic E-state index is 0. The molecular formula is C8H9BrCl2FNO. The van der Waals surface area contributed by atoms with E-state index < -0.39 is 12.7 Å². The summed E-state index contributed by atoms with van der Waals surface area (Å²) in [6.45, 7) is -0.760. The van der Waals surface area contributed by atoms with Crippen LogP contribution in [-0.4, -0.2) is 11.8 Å². The molecule has 0 aliphatic carbocycles. The Morgan fingerprint density at radius 3 is 2.64 bits per heavy atom. The van der Waals surface area contributed by atoms with Crippen LogP contribution < -0.4 is 5.73 Å². The van der Waals surface area contributed by atoms with Crippen LogP contribution in [0.25, 0.3) is 0 Å². The Kier molecular flexibility index (Phi) is 5.74. The van der Waals surface area contributed by atoms with E-state index in [4.69, 9.17) is 17.3 Å². The Hall–Kier alpha value is -0.0300. The van der Waals surface area contributed by atoms with Crippen LogP contribution >= 0.6 is 39.9 Å². The summed E-state index contributed by atoms with van der Waals surface area (Å²) < 4.78 is 12.7. The number of phenolic OH excluding ortho intramolecular Hbond substituents is 1. The number of halogens is 4. The quantitative estimate of drug-likeness (QED) is 0.881. The highest BCUT2D eigenvalue weighted by atomic mass is 79.9. The van der Waals surface area contributed by atoms with Gasteiger partial charge in [0.2, 0.25) is 0 Å². The maximum Gasteiger partial charge on any atom is 0.136 e. The van der Waals surface area contributed by atoms with Crippen LogP contribution in [0, 0.1) is 0 Å². The first-order valence-corrected chi connectivity index (χ1v) is 4.73. The van der Waals surface area contributed by atoms with E-state index in [-0.39, 0.29) is 28.7 Å². The first-order chi connectivity index (χ1) is 6.07. The van der Waals surface area contributed by atoms with Gasteiger partial charge in [-0.25, -0.2) is 4.39 Å². The molecule has 0 amide bonds. The second kappa shape index (κ2) is 5.75. The Labute approximate surface area is 101 Å². The van der Waals surface area contributed by atoms with Gasteiger partial charge in [-0.3, -0.25) is 0 Å². The van der Waals surface area contributed by atoms with Crippen LogP contribution in [0.15, 0.2) is 16.6 Å². The van der Waals surface area contributed by atoms with Gasteiger partial charge in [-0.15, -0.1) is 12.4 Å². The van der Waals surface area contributed by atoms with Gasteiger partial charge >= 0.3 is 0 Å². The number of benzene rings is 1. The van der Waals surface area contributed by atoms with E-state index >= 15 is 0 Å². The Balaban J connectivity index is 0.00000169. The van der Waals surface area contributed by atoms with Gasteiger partial charge in [0.1, 0.15) is 12.4 Å². The predicted molar refractivity (Wildman–Crippen MR) is 61.0 cm³/mol. The summed E-state index contributed by atoms with van der Waals surface area (Å²) in [7, 11) is 0. The molecule has 1 aromatic rings. The number of hydrogen-bond acceptors (Lipinski definition) is 2. The minimum atomic E-state index is -0.884. The van der Waals surface area contributed by atoms with Gasteiger partial charge in [0, 0.05) is 10.6 Å². The molecule has 80 valence electrons. The monoisotopic (exact) mass is 303 g/mol. The zero-order valence-electron chi connectivity index (χ0n) is 7.01. The number of hydrogen-bond donors (Lipinski definition) is 2. The molecule has 0 saturated heterocycles. The van der Waals surface area contributed by atoms with Crippen LogP contribution in [0.1, 0.15) is 11.6 Å². The van der Waals surface area contributed by atoms with Crippen molar-refractivity contribution in [2.24, 2.45) is 5.73 Å². The van der Waals surface area contributed by atoms with E-state index in [1.54, 1.807) is 12.1 Å². The lowest BCUT2D eigenvalue weighted by Gasteiger charge is -2.12. The molecule has 6 heteroatoms. The van der Waals surface area contributed by atoms with Crippen molar-refractivity contribution >= 4 is 39.9 Å². The topological polar surface area (TPSA) is 46.2 Å². The van der Waals surface area contributed by atoms with E-state index in [1.165, 1.54) is 0 Å². The van der Waals surface area contributed by atoms with Crippen LogP contribution in [0.4, 0.5) is 4.39 Å². The van der Waals surface area contributed by atoms with Crippen molar-refractivity contribution in [3.8, 4) is 5.75 Å². The number of phenols is 1. The summed E-state index contributed by atoms with van der Waals surface area (Å²) in [4.78, 5) is 0. The first kappa shape index (κ1) is 14.0. The molecule has 0 aromatic heterocycles. The van der Waals surface area contributed by atoms with Gasteiger partial charge in [-0.05, 0) is 28.1 Å². The fourth-order valence-corrected chi connectivity index (χ4v) is 1.63. The summed E-state index contributed by atoms with van der Waals surface area (Å²) in [5, 5.41) is 9.77. The molecule has 0 aliphatic rings.